The molecule has 0 fully saturated rings. The number of ether oxygens (including phenoxy) is 3. The molecule has 4 rings (SSSR count). The molecular weight excluding hydrogens is 469 g/mol. The van der Waals surface area contributed by atoms with Gasteiger partial charge in [0.25, 0.3) is 5.91 Å². The highest BCUT2D eigenvalue weighted by atomic mass is 19.4. The largest absolute Gasteiger partial charge is 0.493 e. The number of anilines is 1. The fourth-order valence-electron chi connectivity index (χ4n) is 3.93. The van der Waals surface area contributed by atoms with Gasteiger partial charge in [-0.3, -0.25) is 19.2 Å². The highest BCUT2D eigenvalue weighted by Gasteiger charge is 2.41. The number of hydrogen-bond donors (Lipinski definition) is 0. The summed E-state index contributed by atoms with van der Waals surface area (Å²) in [6.07, 6.45) is -2.48. The monoisotopic (exact) mass is 490 g/mol. The maximum Gasteiger partial charge on any atom is 0.408 e. The van der Waals surface area contributed by atoms with Crippen LogP contribution in [0.5, 0.6) is 11.5 Å². The predicted octanol–water partition coefficient (Wildman–Crippen LogP) is 3.79. The molecular formula is C23H21F3N4O5. The topological polar surface area (TPSA) is 95.8 Å². The molecule has 1 aliphatic rings. The lowest BCUT2D eigenvalue weighted by Gasteiger charge is -2.22. The highest BCUT2D eigenvalue weighted by molar-refractivity contribution is 6.11. The Balaban J connectivity index is 1.75. The predicted molar refractivity (Wildman–Crippen MR) is 117 cm³/mol. The minimum absolute atomic E-state index is 0.110. The molecule has 0 aliphatic carbocycles. The number of aromatic nitrogens is 3. The van der Waals surface area contributed by atoms with Crippen molar-refractivity contribution in [3.05, 3.63) is 54.0 Å². The number of nitrogens with zero attached hydrogens (tertiary/aromatic N) is 4. The molecule has 1 aromatic carbocycles. The minimum Gasteiger partial charge on any atom is -0.493 e. The number of rotatable bonds is 7. The van der Waals surface area contributed by atoms with Crippen LogP contribution < -0.4 is 14.4 Å². The van der Waals surface area contributed by atoms with Crippen LogP contribution in [0.3, 0.4) is 0 Å². The Bertz CT molecular complexity index is 1270. The average molecular weight is 490 g/mol. The molecule has 1 unspecified atom stereocenters. The smallest absolute Gasteiger partial charge is 0.408 e. The standard InChI is InChI=1S/C23H21F3N4O5/c1-33-18-7-4-13(8-19(18)34-2)16-6-5-15-21(28-16)17(9-20(31)35-3)30(22(15)32)14-10-27-29(11-14)12-23(24,25)26/h4-8,10-11,17H,9,12H2,1-3H3. The Morgan fingerprint density at radius 2 is 1.83 bits per heavy atom. The Morgan fingerprint density at radius 1 is 1.09 bits per heavy atom. The van der Waals surface area contributed by atoms with Gasteiger partial charge in [0.1, 0.15) is 6.54 Å². The molecule has 3 aromatic rings. The van der Waals surface area contributed by atoms with Crippen LogP contribution >= 0.6 is 0 Å². The van der Waals surface area contributed by atoms with Crippen LogP contribution in [0.2, 0.25) is 0 Å². The third-order valence-corrected chi connectivity index (χ3v) is 5.51. The summed E-state index contributed by atoms with van der Waals surface area (Å²) in [6, 6.07) is 7.51. The number of fused-ring (bicyclic) bond motifs is 1. The summed E-state index contributed by atoms with van der Waals surface area (Å²) in [4.78, 5) is 31.3. The number of methoxy groups -OCH3 is 3. The lowest BCUT2D eigenvalue weighted by atomic mass is 10.0. The lowest BCUT2D eigenvalue weighted by molar-refractivity contribution is -0.143. The highest BCUT2D eigenvalue weighted by Crippen LogP contribution is 2.40. The maximum atomic E-state index is 13.2. The van der Waals surface area contributed by atoms with Gasteiger partial charge in [-0.2, -0.15) is 18.3 Å². The number of amides is 1. The molecule has 0 saturated carbocycles. The van der Waals surface area contributed by atoms with Crippen LogP contribution in [0.1, 0.15) is 28.5 Å². The number of esters is 1. The van der Waals surface area contributed by atoms with Gasteiger partial charge in [-0.1, -0.05) is 0 Å². The van der Waals surface area contributed by atoms with Crippen LogP contribution in [-0.4, -0.2) is 54.1 Å². The minimum atomic E-state index is -4.48. The zero-order chi connectivity index (χ0) is 25.3. The second-order valence-electron chi connectivity index (χ2n) is 7.68. The number of alkyl halides is 3. The Hall–Kier alpha value is -4.09. The summed E-state index contributed by atoms with van der Waals surface area (Å²) in [5.74, 6) is -0.111. The third-order valence-electron chi connectivity index (χ3n) is 5.51. The van der Waals surface area contributed by atoms with Crippen LogP contribution in [-0.2, 0) is 16.1 Å². The van der Waals surface area contributed by atoms with Crippen molar-refractivity contribution in [2.24, 2.45) is 0 Å². The molecule has 1 aliphatic heterocycles. The van der Waals surface area contributed by atoms with Crippen LogP contribution in [0, 0.1) is 0 Å². The number of halogens is 3. The summed E-state index contributed by atoms with van der Waals surface area (Å²) in [5, 5.41) is 3.72. The summed E-state index contributed by atoms with van der Waals surface area (Å²) in [7, 11) is 4.22. The van der Waals surface area contributed by atoms with Gasteiger partial charge in [0.2, 0.25) is 0 Å². The molecule has 2 aromatic heterocycles. The summed E-state index contributed by atoms with van der Waals surface area (Å²) >= 11 is 0. The fraction of sp³-hybridized carbons (Fsp3) is 0.304. The van der Waals surface area contributed by atoms with Crippen molar-refractivity contribution in [3.63, 3.8) is 0 Å². The molecule has 12 heteroatoms. The van der Waals surface area contributed by atoms with E-state index in [2.05, 4.69) is 10.1 Å². The van der Waals surface area contributed by atoms with E-state index >= 15 is 0 Å². The molecule has 0 bridgehead atoms. The summed E-state index contributed by atoms with van der Waals surface area (Å²) < 4.78 is 54.4. The molecule has 3 heterocycles. The van der Waals surface area contributed by atoms with E-state index in [0.29, 0.717) is 33.1 Å². The first-order valence-electron chi connectivity index (χ1n) is 10.4. The van der Waals surface area contributed by atoms with E-state index in [9.17, 15) is 22.8 Å². The van der Waals surface area contributed by atoms with Gasteiger partial charge in [0.15, 0.2) is 11.5 Å². The number of carbonyl (C=O) groups excluding carboxylic acids is 2. The van der Waals surface area contributed by atoms with E-state index in [1.807, 2.05) is 0 Å². The van der Waals surface area contributed by atoms with E-state index in [-0.39, 0.29) is 17.7 Å². The summed E-state index contributed by atoms with van der Waals surface area (Å²) in [6.45, 7) is -1.31. The molecule has 1 atom stereocenters. The van der Waals surface area contributed by atoms with E-state index in [0.717, 1.165) is 12.4 Å². The molecule has 184 valence electrons. The number of benzene rings is 1. The Labute approximate surface area is 198 Å². The molecule has 1 amide bonds. The molecule has 0 spiro atoms. The Kier molecular flexibility index (Phi) is 6.37. The van der Waals surface area contributed by atoms with Crippen molar-refractivity contribution in [3.8, 4) is 22.8 Å². The lowest BCUT2D eigenvalue weighted by Crippen LogP contribution is -2.29. The molecule has 35 heavy (non-hydrogen) atoms. The first-order chi connectivity index (χ1) is 16.6. The van der Waals surface area contributed by atoms with Gasteiger partial charge in [-0.15, -0.1) is 0 Å². The van der Waals surface area contributed by atoms with Crippen LogP contribution in [0.15, 0.2) is 42.7 Å². The maximum absolute atomic E-state index is 13.2. The number of pyridine rings is 1. The first kappa shape index (κ1) is 24.0. The van der Waals surface area contributed by atoms with Gasteiger partial charge in [0.05, 0.1) is 62.6 Å². The van der Waals surface area contributed by atoms with Gasteiger partial charge in [0, 0.05) is 11.8 Å². The van der Waals surface area contributed by atoms with E-state index in [1.54, 1.807) is 30.3 Å². The van der Waals surface area contributed by atoms with E-state index in [4.69, 9.17) is 14.2 Å². The van der Waals surface area contributed by atoms with Gasteiger partial charge in [-0.05, 0) is 30.3 Å². The summed E-state index contributed by atoms with van der Waals surface area (Å²) in [5.41, 5.74) is 1.81. The Morgan fingerprint density at radius 3 is 2.49 bits per heavy atom. The zero-order valence-electron chi connectivity index (χ0n) is 19.0. The molecule has 0 saturated heterocycles. The third kappa shape index (κ3) is 4.77. The average Bonchev–Trinajstić information content (AvgIpc) is 3.38. The van der Waals surface area contributed by atoms with Crippen molar-refractivity contribution in [2.45, 2.75) is 25.2 Å². The van der Waals surface area contributed by atoms with E-state index < -0.39 is 30.6 Å². The second-order valence-corrected chi connectivity index (χ2v) is 7.68. The SMILES string of the molecule is COC(=O)CC1c2nc(-c3ccc(OC)c(OC)c3)ccc2C(=O)N1c1cnn(CC(F)(F)F)c1. The second kappa shape index (κ2) is 9.28. The van der Waals surface area contributed by atoms with Crippen molar-refractivity contribution >= 4 is 17.6 Å². The van der Waals surface area contributed by atoms with Crippen molar-refractivity contribution in [1.82, 2.24) is 14.8 Å². The fourth-order valence-corrected chi connectivity index (χ4v) is 3.93. The molecule has 9 nitrogen and oxygen atoms in total. The quantitative estimate of drug-likeness (QED) is 0.465. The molecule has 0 radical (unpaired) electrons. The normalized spacial score (nSPS) is 15.2. The van der Waals surface area contributed by atoms with Crippen molar-refractivity contribution in [1.29, 1.82) is 0 Å². The molecule has 0 N–H and O–H groups in total. The van der Waals surface area contributed by atoms with Gasteiger partial charge < -0.3 is 14.2 Å². The van der Waals surface area contributed by atoms with Crippen LogP contribution in [0.25, 0.3) is 11.3 Å². The number of carbonyl (C=O) groups is 2. The number of hydrogen-bond acceptors (Lipinski definition) is 7. The zero-order valence-corrected chi connectivity index (χ0v) is 19.0. The van der Waals surface area contributed by atoms with Gasteiger partial charge >= 0.3 is 12.1 Å². The van der Waals surface area contributed by atoms with Crippen molar-refractivity contribution in [2.75, 3.05) is 26.2 Å². The first-order valence-corrected chi connectivity index (χ1v) is 10.4. The van der Waals surface area contributed by atoms with Gasteiger partial charge in [-0.25, -0.2) is 4.98 Å². The van der Waals surface area contributed by atoms with Crippen molar-refractivity contribution < 1.29 is 37.0 Å². The van der Waals surface area contributed by atoms with E-state index in [1.165, 1.54) is 26.2 Å². The van der Waals surface area contributed by atoms with Crippen LogP contribution in [0.4, 0.5) is 18.9 Å².